The van der Waals surface area contributed by atoms with Crippen molar-refractivity contribution in [3.63, 3.8) is 0 Å². The number of hydrogen-bond donors (Lipinski definition) is 0. The van der Waals surface area contributed by atoms with E-state index < -0.39 is 46.4 Å². The molecule has 0 aromatic carbocycles. The fourth-order valence-corrected chi connectivity index (χ4v) is 1.91. The fraction of sp³-hybridized carbons (Fsp3) is 0.400. The third-order valence-electron chi connectivity index (χ3n) is 2.14. The summed E-state index contributed by atoms with van der Waals surface area (Å²) in [7, 11) is 0.993. The van der Waals surface area contributed by atoms with Crippen LogP contribution in [0.3, 0.4) is 0 Å². The van der Waals surface area contributed by atoms with Gasteiger partial charge >= 0.3 is 12.1 Å². The summed E-state index contributed by atoms with van der Waals surface area (Å²) in [5, 5.41) is 0. The normalized spacial score (nSPS) is 11.8. The van der Waals surface area contributed by atoms with Crippen molar-refractivity contribution in [2.75, 3.05) is 7.11 Å². The predicted octanol–water partition coefficient (Wildman–Crippen LogP) is 3.52. The second-order valence-corrected chi connectivity index (χ2v) is 4.26. The second kappa shape index (κ2) is 5.81. The largest absolute Gasteiger partial charge is 0.469 e. The van der Waals surface area contributed by atoms with E-state index in [0.717, 1.165) is 7.11 Å². The summed E-state index contributed by atoms with van der Waals surface area (Å²) < 4.78 is 66.9. The number of ether oxygens (including phenoxy) is 1. The quantitative estimate of drug-likeness (QED) is 0.620. The third kappa shape index (κ3) is 3.85. The van der Waals surface area contributed by atoms with Crippen LogP contribution in [0.1, 0.15) is 23.4 Å². The van der Waals surface area contributed by atoms with Gasteiger partial charge in [0.25, 0.3) is 6.43 Å². The van der Waals surface area contributed by atoms with Gasteiger partial charge in [-0.2, -0.15) is 13.2 Å². The SMILES string of the molecule is COC(=O)Cc1nc(C(F)(F)F)cc(Br)c1C(F)F. The van der Waals surface area contributed by atoms with Crippen LogP contribution in [-0.4, -0.2) is 18.1 Å². The van der Waals surface area contributed by atoms with Crippen molar-refractivity contribution in [3.8, 4) is 0 Å². The number of nitrogens with zero attached hydrogens (tertiary/aromatic N) is 1. The first-order valence-electron chi connectivity index (χ1n) is 4.78. The molecule has 0 spiro atoms. The van der Waals surface area contributed by atoms with Gasteiger partial charge in [-0.05, 0) is 6.07 Å². The molecular weight excluding hydrogens is 341 g/mol. The van der Waals surface area contributed by atoms with Crippen LogP contribution in [0.25, 0.3) is 0 Å². The molecule has 9 heteroatoms. The summed E-state index contributed by atoms with van der Waals surface area (Å²) in [4.78, 5) is 14.1. The Morgan fingerprint density at radius 2 is 2.05 bits per heavy atom. The van der Waals surface area contributed by atoms with E-state index in [0.29, 0.717) is 6.07 Å². The van der Waals surface area contributed by atoms with Crippen molar-refractivity contribution in [2.24, 2.45) is 0 Å². The Morgan fingerprint density at radius 3 is 2.47 bits per heavy atom. The van der Waals surface area contributed by atoms with Crippen LogP contribution in [0.15, 0.2) is 10.5 Å². The first kappa shape index (κ1) is 15.8. The van der Waals surface area contributed by atoms with Gasteiger partial charge in [0, 0.05) is 4.47 Å². The summed E-state index contributed by atoms with van der Waals surface area (Å²) in [6.07, 6.45) is -8.63. The maximum atomic E-state index is 12.8. The van der Waals surface area contributed by atoms with Crippen LogP contribution < -0.4 is 0 Å². The zero-order chi connectivity index (χ0) is 14.8. The van der Waals surface area contributed by atoms with Crippen LogP contribution in [-0.2, 0) is 22.1 Å². The molecule has 0 saturated heterocycles. The van der Waals surface area contributed by atoms with E-state index in [1.165, 1.54) is 0 Å². The molecule has 0 aliphatic heterocycles. The molecule has 0 fully saturated rings. The van der Waals surface area contributed by atoms with Gasteiger partial charge in [-0.25, -0.2) is 13.8 Å². The van der Waals surface area contributed by atoms with E-state index in [9.17, 15) is 26.7 Å². The molecular formula is C10H7BrF5NO2. The Morgan fingerprint density at radius 1 is 1.47 bits per heavy atom. The minimum atomic E-state index is -4.80. The monoisotopic (exact) mass is 347 g/mol. The van der Waals surface area contributed by atoms with Crippen molar-refractivity contribution >= 4 is 21.9 Å². The molecule has 19 heavy (non-hydrogen) atoms. The third-order valence-corrected chi connectivity index (χ3v) is 2.79. The highest BCUT2D eigenvalue weighted by Crippen LogP contribution is 2.35. The molecule has 0 atom stereocenters. The van der Waals surface area contributed by atoms with Crippen molar-refractivity contribution in [1.29, 1.82) is 0 Å². The number of alkyl halides is 5. The Kier molecular flexibility index (Phi) is 4.83. The molecule has 0 bridgehead atoms. The van der Waals surface area contributed by atoms with Crippen LogP contribution in [0.5, 0.6) is 0 Å². The fourth-order valence-electron chi connectivity index (χ4n) is 1.29. The van der Waals surface area contributed by atoms with Gasteiger partial charge in [0.05, 0.1) is 24.8 Å². The van der Waals surface area contributed by atoms with E-state index in [4.69, 9.17) is 0 Å². The molecule has 0 saturated carbocycles. The molecule has 1 aromatic rings. The van der Waals surface area contributed by atoms with Crippen LogP contribution in [0, 0.1) is 0 Å². The second-order valence-electron chi connectivity index (χ2n) is 3.40. The van der Waals surface area contributed by atoms with Crippen LogP contribution in [0.4, 0.5) is 22.0 Å². The highest BCUT2D eigenvalue weighted by Gasteiger charge is 2.35. The molecule has 0 aliphatic carbocycles. The smallest absolute Gasteiger partial charge is 0.433 e. The number of esters is 1. The molecule has 1 rings (SSSR count). The van der Waals surface area contributed by atoms with Crippen LogP contribution >= 0.6 is 15.9 Å². The number of carbonyl (C=O) groups is 1. The van der Waals surface area contributed by atoms with Gasteiger partial charge in [0.1, 0.15) is 5.69 Å². The van der Waals surface area contributed by atoms with Gasteiger partial charge in [-0.1, -0.05) is 15.9 Å². The molecule has 0 unspecified atom stereocenters. The van der Waals surface area contributed by atoms with Gasteiger partial charge in [0.15, 0.2) is 0 Å². The molecule has 0 radical (unpaired) electrons. The summed E-state index contributed by atoms with van der Waals surface area (Å²) in [6, 6.07) is 0.447. The molecule has 106 valence electrons. The van der Waals surface area contributed by atoms with E-state index in [1.54, 1.807) is 0 Å². The number of rotatable bonds is 3. The van der Waals surface area contributed by atoms with E-state index in [2.05, 4.69) is 25.7 Å². The number of halogens is 6. The average molecular weight is 348 g/mol. The minimum Gasteiger partial charge on any atom is -0.469 e. The van der Waals surface area contributed by atoms with E-state index >= 15 is 0 Å². The Balaban J connectivity index is 3.37. The van der Waals surface area contributed by atoms with Gasteiger partial charge in [-0.3, -0.25) is 4.79 Å². The zero-order valence-corrected chi connectivity index (χ0v) is 11.0. The Labute approximate surface area is 112 Å². The lowest BCUT2D eigenvalue weighted by molar-refractivity contribution is -0.143. The van der Waals surface area contributed by atoms with Gasteiger partial charge in [-0.15, -0.1) is 0 Å². The first-order chi connectivity index (χ1) is 8.66. The Bertz CT molecular complexity index is 490. The van der Waals surface area contributed by atoms with Gasteiger partial charge < -0.3 is 4.74 Å². The molecule has 0 amide bonds. The molecule has 0 N–H and O–H groups in total. The maximum absolute atomic E-state index is 12.8. The van der Waals surface area contributed by atoms with Crippen molar-refractivity contribution < 1.29 is 31.5 Å². The highest BCUT2D eigenvalue weighted by atomic mass is 79.9. The van der Waals surface area contributed by atoms with E-state index in [1.807, 2.05) is 0 Å². The highest BCUT2D eigenvalue weighted by molar-refractivity contribution is 9.10. The number of hydrogen-bond acceptors (Lipinski definition) is 3. The molecule has 0 aliphatic rings. The summed E-state index contributed by atoms with van der Waals surface area (Å²) in [6.45, 7) is 0. The van der Waals surface area contributed by atoms with Gasteiger partial charge in [0.2, 0.25) is 0 Å². The standard InChI is InChI=1S/C10H7BrF5NO2/c1-19-7(18)3-5-8(9(12)13)4(11)2-6(17-5)10(14,15)16/h2,9H,3H2,1H3. The lowest BCUT2D eigenvalue weighted by Crippen LogP contribution is -2.15. The zero-order valence-electron chi connectivity index (χ0n) is 9.39. The molecule has 1 aromatic heterocycles. The van der Waals surface area contributed by atoms with Crippen molar-refractivity contribution in [1.82, 2.24) is 4.98 Å². The lowest BCUT2D eigenvalue weighted by atomic mass is 10.1. The van der Waals surface area contributed by atoms with E-state index in [-0.39, 0.29) is 0 Å². The van der Waals surface area contributed by atoms with Crippen LogP contribution in [0.2, 0.25) is 0 Å². The van der Waals surface area contributed by atoms with Crippen molar-refractivity contribution in [3.05, 3.63) is 27.5 Å². The number of pyridine rings is 1. The number of aromatic nitrogens is 1. The van der Waals surface area contributed by atoms with Crippen molar-refractivity contribution in [2.45, 2.75) is 19.0 Å². The number of carbonyl (C=O) groups excluding carboxylic acids is 1. The lowest BCUT2D eigenvalue weighted by Gasteiger charge is -2.13. The molecule has 1 heterocycles. The first-order valence-corrected chi connectivity index (χ1v) is 5.57. The minimum absolute atomic E-state index is 0.447. The maximum Gasteiger partial charge on any atom is 0.433 e. The summed E-state index contributed by atoms with van der Waals surface area (Å²) in [5.41, 5.74) is -2.77. The summed E-state index contributed by atoms with van der Waals surface area (Å²) >= 11 is 2.63. The topological polar surface area (TPSA) is 39.2 Å². The predicted molar refractivity (Wildman–Crippen MR) is 57.6 cm³/mol. The summed E-state index contributed by atoms with van der Waals surface area (Å²) in [5.74, 6) is -0.958. The Hall–Kier alpha value is -1.25. The number of methoxy groups -OCH3 is 1. The molecule has 3 nitrogen and oxygen atoms in total. The average Bonchev–Trinajstić information content (AvgIpc) is 2.26.